The summed E-state index contributed by atoms with van der Waals surface area (Å²) in [5.41, 5.74) is 0.756. The van der Waals surface area contributed by atoms with Crippen LogP contribution in [0.15, 0.2) is 64.5 Å². The van der Waals surface area contributed by atoms with Gasteiger partial charge in [-0.25, -0.2) is 4.98 Å². The largest absolute Gasteiger partial charge is 0.503 e. The molecule has 0 fully saturated rings. The van der Waals surface area contributed by atoms with Gasteiger partial charge < -0.3 is 5.11 Å². The van der Waals surface area contributed by atoms with Gasteiger partial charge in [0.2, 0.25) is 0 Å². The standard InChI is InChI=1S/C16H11BrN2O3/c17-11-6-4-10(5-7-11)14-12(9-20)15(21)16(22)19(14)13-3-1-2-8-18-13/h1-9,14,21H. The summed E-state index contributed by atoms with van der Waals surface area (Å²) in [6.07, 6.45) is 2.07. The highest BCUT2D eigenvalue weighted by molar-refractivity contribution is 9.10. The number of pyridine rings is 1. The van der Waals surface area contributed by atoms with Crippen LogP contribution in [-0.4, -0.2) is 22.3 Å². The van der Waals surface area contributed by atoms with Crippen LogP contribution in [0.25, 0.3) is 0 Å². The van der Waals surface area contributed by atoms with Crippen molar-refractivity contribution in [3.8, 4) is 0 Å². The molecular formula is C16H11BrN2O3. The Morgan fingerprint density at radius 1 is 1.18 bits per heavy atom. The summed E-state index contributed by atoms with van der Waals surface area (Å²) in [6, 6.07) is 11.7. The average molecular weight is 359 g/mol. The molecule has 0 radical (unpaired) electrons. The number of amides is 1. The summed E-state index contributed by atoms with van der Waals surface area (Å²) < 4.78 is 0.880. The van der Waals surface area contributed by atoms with E-state index >= 15 is 0 Å². The molecule has 1 aromatic carbocycles. The van der Waals surface area contributed by atoms with Gasteiger partial charge in [0.25, 0.3) is 5.91 Å². The van der Waals surface area contributed by atoms with Gasteiger partial charge in [0.05, 0.1) is 11.6 Å². The second-order valence-electron chi connectivity index (χ2n) is 4.74. The van der Waals surface area contributed by atoms with Crippen molar-refractivity contribution in [1.82, 2.24) is 4.98 Å². The third-order valence-corrected chi connectivity index (χ3v) is 3.99. The fourth-order valence-electron chi connectivity index (χ4n) is 2.45. The molecule has 110 valence electrons. The first kappa shape index (κ1) is 14.5. The summed E-state index contributed by atoms with van der Waals surface area (Å²) in [6.45, 7) is 0. The van der Waals surface area contributed by atoms with Crippen LogP contribution in [-0.2, 0) is 9.59 Å². The van der Waals surface area contributed by atoms with E-state index in [2.05, 4.69) is 20.9 Å². The number of carbonyl (C=O) groups excluding carboxylic acids is 2. The second-order valence-corrected chi connectivity index (χ2v) is 5.65. The minimum Gasteiger partial charge on any atom is -0.503 e. The number of aromatic nitrogens is 1. The summed E-state index contributed by atoms with van der Waals surface area (Å²) in [5.74, 6) is -0.786. The van der Waals surface area contributed by atoms with Crippen LogP contribution in [0.3, 0.4) is 0 Å². The van der Waals surface area contributed by atoms with Gasteiger partial charge >= 0.3 is 0 Å². The molecule has 6 heteroatoms. The Hall–Kier alpha value is -2.47. The number of aldehydes is 1. The normalized spacial score (nSPS) is 18.0. The van der Waals surface area contributed by atoms with E-state index in [9.17, 15) is 14.7 Å². The number of nitrogens with zero attached hydrogens (tertiary/aromatic N) is 2. The van der Waals surface area contributed by atoms with Gasteiger partial charge in [0, 0.05) is 10.7 Å². The van der Waals surface area contributed by atoms with Crippen LogP contribution in [0.2, 0.25) is 0 Å². The van der Waals surface area contributed by atoms with Crippen molar-refractivity contribution >= 4 is 33.9 Å². The Morgan fingerprint density at radius 2 is 1.91 bits per heavy atom. The fraction of sp³-hybridized carbons (Fsp3) is 0.0625. The molecule has 2 aromatic rings. The Balaban J connectivity index is 2.14. The zero-order chi connectivity index (χ0) is 15.7. The van der Waals surface area contributed by atoms with Gasteiger partial charge in [-0.05, 0) is 29.8 Å². The highest BCUT2D eigenvalue weighted by Gasteiger charge is 2.41. The van der Waals surface area contributed by atoms with Crippen molar-refractivity contribution in [1.29, 1.82) is 0 Å². The van der Waals surface area contributed by atoms with E-state index in [4.69, 9.17) is 0 Å². The predicted octanol–water partition coefficient (Wildman–Crippen LogP) is 2.94. The number of rotatable bonds is 3. The summed E-state index contributed by atoms with van der Waals surface area (Å²) in [5, 5.41) is 10.00. The third kappa shape index (κ3) is 2.31. The van der Waals surface area contributed by atoms with E-state index in [1.54, 1.807) is 36.5 Å². The van der Waals surface area contributed by atoms with Crippen molar-refractivity contribution in [2.75, 3.05) is 4.90 Å². The first-order valence-corrected chi connectivity index (χ1v) is 7.31. The van der Waals surface area contributed by atoms with Crippen LogP contribution < -0.4 is 4.90 Å². The molecule has 0 saturated carbocycles. The van der Waals surface area contributed by atoms with Crippen LogP contribution in [0.1, 0.15) is 11.6 Å². The number of aliphatic hydroxyl groups excluding tert-OH is 1. The van der Waals surface area contributed by atoms with E-state index in [1.807, 2.05) is 12.1 Å². The zero-order valence-electron chi connectivity index (χ0n) is 11.3. The molecule has 2 heterocycles. The fourth-order valence-corrected chi connectivity index (χ4v) is 2.71. The number of hydrogen-bond donors (Lipinski definition) is 1. The Morgan fingerprint density at radius 3 is 2.50 bits per heavy atom. The molecule has 1 N–H and O–H groups in total. The smallest absolute Gasteiger partial charge is 0.295 e. The molecule has 0 saturated heterocycles. The van der Waals surface area contributed by atoms with E-state index in [0.29, 0.717) is 17.7 Å². The van der Waals surface area contributed by atoms with Crippen LogP contribution in [0.4, 0.5) is 5.82 Å². The number of aliphatic hydroxyl groups is 1. The molecule has 1 aromatic heterocycles. The van der Waals surface area contributed by atoms with E-state index in [0.717, 1.165) is 4.47 Å². The van der Waals surface area contributed by atoms with Gasteiger partial charge in [-0.2, -0.15) is 0 Å². The number of carbonyl (C=O) groups is 2. The Bertz CT molecular complexity index is 757. The monoisotopic (exact) mass is 358 g/mol. The van der Waals surface area contributed by atoms with Crippen LogP contribution >= 0.6 is 15.9 Å². The Kier molecular flexibility index (Phi) is 3.77. The molecule has 3 rings (SSSR count). The predicted molar refractivity (Wildman–Crippen MR) is 84.3 cm³/mol. The molecule has 0 bridgehead atoms. The molecule has 1 aliphatic rings. The van der Waals surface area contributed by atoms with Gasteiger partial charge in [0.15, 0.2) is 12.0 Å². The maximum Gasteiger partial charge on any atom is 0.295 e. The summed E-state index contributed by atoms with van der Waals surface area (Å²) >= 11 is 3.35. The van der Waals surface area contributed by atoms with Crippen LogP contribution in [0, 0.1) is 0 Å². The average Bonchev–Trinajstić information content (AvgIpc) is 2.80. The first-order chi connectivity index (χ1) is 10.6. The molecule has 5 nitrogen and oxygen atoms in total. The lowest BCUT2D eigenvalue weighted by Crippen LogP contribution is -2.31. The summed E-state index contributed by atoms with van der Waals surface area (Å²) in [7, 11) is 0. The van der Waals surface area contributed by atoms with E-state index in [-0.39, 0.29) is 5.57 Å². The van der Waals surface area contributed by atoms with E-state index in [1.165, 1.54) is 4.90 Å². The minimum absolute atomic E-state index is 0.0398. The van der Waals surface area contributed by atoms with Crippen molar-refractivity contribution in [3.05, 3.63) is 70.0 Å². The van der Waals surface area contributed by atoms with Crippen molar-refractivity contribution < 1.29 is 14.7 Å². The van der Waals surface area contributed by atoms with Gasteiger partial charge in [-0.15, -0.1) is 0 Å². The number of hydrogen-bond acceptors (Lipinski definition) is 4. The van der Waals surface area contributed by atoms with Crippen LogP contribution in [0.5, 0.6) is 0 Å². The summed E-state index contributed by atoms with van der Waals surface area (Å²) in [4.78, 5) is 29.2. The number of anilines is 1. The molecule has 1 amide bonds. The molecule has 0 spiro atoms. The highest BCUT2D eigenvalue weighted by Crippen LogP contribution is 2.38. The lowest BCUT2D eigenvalue weighted by molar-refractivity contribution is -0.117. The maximum absolute atomic E-state index is 12.3. The van der Waals surface area contributed by atoms with Crippen molar-refractivity contribution in [2.24, 2.45) is 0 Å². The zero-order valence-corrected chi connectivity index (χ0v) is 12.9. The quantitative estimate of drug-likeness (QED) is 0.856. The van der Waals surface area contributed by atoms with Gasteiger partial charge in [-0.3, -0.25) is 14.5 Å². The first-order valence-electron chi connectivity index (χ1n) is 6.52. The SMILES string of the molecule is O=CC1=C(O)C(=O)N(c2ccccn2)C1c1ccc(Br)cc1. The minimum atomic E-state index is -0.687. The van der Waals surface area contributed by atoms with Gasteiger partial charge in [-0.1, -0.05) is 34.1 Å². The van der Waals surface area contributed by atoms with Crippen molar-refractivity contribution in [3.63, 3.8) is 0 Å². The molecule has 1 atom stereocenters. The highest BCUT2D eigenvalue weighted by atomic mass is 79.9. The molecule has 22 heavy (non-hydrogen) atoms. The topological polar surface area (TPSA) is 70.5 Å². The van der Waals surface area contributed by atoms with E-state index < -0.39 is 17.7 Å². The molecular weight excluding hydrogens is 348 g/mol. The number of halogens is 1. The molecule has 1 aliphatic heterocycles. The lowest BCUT2D eigenvalue weighted by atomic mass is 10.0. The lowest BCUT2D eigenvalue weighted by Gasteiger charge is -2.24. The third-order valence-electron chi connectivity index (χ3n) is 3.46. The second kappa shape index (κ2) is 5.73. The Labute approximate surface area is 135 Å². The number of benzene rings is 1. The molecule has 1 unspecified atom stereocenters. The van der Waals surface area contributed by atoms with Crippen molar-refractivity contribution in [2.45, 2.75) is 6.04 Å². The maximum atomic E-state index is 12.3. The van der Waals surface area contributed by atoms with Gasteiger partial charge in [0.1, 0.15) is 5.82 Å². The molecule has 0 aliphatic carbocycles.